The maximum atomic E-state index is 13.7. The number of benzene rings is 2. The molecule has 0 aliphatic rings. The standard InChI is InChI=1S/C14H10FN3O/c15-13-7-2-1-6-12(13)10-4-3-5-11(8-10)19-14-9-16-18-17-14/h1-9H,(H,16,17,18). The second-order valence-corrected chi connectivity index (χ2v) is 3.92. The molecule has 3 aromatic rings. The molecule has 1 heterocycles. The summed E-state index contributed by atoms with van der Waals surface area (Å²) < 4.78 is 19.2. The maximum absolute atomic E-state index is 13.7. The molecule has 0 unspecified atom stereocenters. The van der Waals surface area contributed by atoms with Crippen molar-refractivity contribution < 1.29 is 9.13 Å². The summed E-state index contributed by atoms with van der Waals surface area (Å²) >= 11 is 0. The second-order valence-electron chi connectivity index (χ2n) is 3.92. The molecule has 0 amide bonds. The number of hydrogen-bond donors (Lipinski definition) is 1. The van der Waals surface area contributed by atoms with E-state index < -0.39 is 0 Å². The molecular formula is C14H10FN3O. The molecule has 0 radical (unpaired) electrons. The second kappa shape index (κ2) is 4.89. The van der Waals surface area contributed by atoms with E-state index in [2.05, 4.69) is 15.4 Å². The van der Waals surface area contributed by atoms with Gasteiger partial charge in [0.15, 0.2) is 0 Å². The van der Waals surface area contributed by atoms with Crippen molar-refractivity contribution in [3.05, 3.63) is 60.5 Å². The van der Waals surface area contributed by atoms with Gasteiger partial charge >= 0.3 is 0 Å². The number of H-pyrrole nitrogens is 1. The largest absolute Gasteiger partial charge is 0.436 e. The molecule has 0 aliphatic carbocycles. The van der Waals surface area contributed by atoms with Gasteiger partial charge in [0.1, 0.15) is 17.8 Å². The topological polar surface area (TPSA) is 50.8 Å². The number of aromatic nitrogens is 3. The molecule has 1 aromatic heterocycles. The van der Waals surface area contributed by atoms with Crippen LogP contribution in [0.3, 0.4) is 0 Å². The summed E-state index contributed by atoms with van der Waals surface area (Å²) in [6.45, 7) is 0. The number of aromatic amines is 1. The van der Waals surface area contributed by atoms with Gasteiger partial charge in [0.05, 0.1) is 0 Å². The van der Waals surface area contributed by atoms with Crippen LogP contribution in [0, 0.1) is 5.82 Å². The third-order valence-electron chi connectivity index (χ3n) is 2.63. The maximum Gasteiger partial charge on any atom is 0.258 e. The number of halogens is 1. The van der Waals surface area contributed by atoms with Crippen LogP contribution < -0.4 is 4.74 Å². The van der Waals surface area contributed by atoms with Crippen LogP contribution in [0.25, 0.3) is 11.1 Å². The molecule has 19 heavy (non-hydrogen) atoms. The predicted molar refractivity (Wildman–Crippen MR) is 68.3 cm³/mol. The quantitative estimate of drug-likeness (QED) is 0.780. The minimum absolute atomic E-state index is 0.263. The summed E-state index contributed by atoms with van der Waals surface area (Å²) in [5.41, 5.74) is 1.28. The molecule has 5 heteroatoms. The predicted octanol–water partition coefficient (Wildman–Crippen LogP) is 3.40. The zero-order valence-electron chi connectivity index (χ0n) is 9.88. The molecular weight excluding hydrogens is 245 g/mol. The van der Waals surface area contributed by atoms with E-state index in [1.807, 2.05) is 6.07 Å². The highest BCUT2D eigenvalue weighted by atomic mass is 19.1. The van der Waals surface area contributed by atoms with Crippen molar-refractivity contribution >= 4 is 0 Å². The molecule has 3 rings (SSSR count). The SMILES string of the molecule is Fc1ccccc1-c1cccc(Oc2cn[nH]n2)c1. The highest BCUT2D eigenvalue weighted by Crippen LogP contribution is 2.27. The fourth-order valence-electron chi connectivity index (χ4n) is 1.78. The minimum atomic E-state index is -0.263. The molecule has 0 bridgehead atoms. The molecule has 0 spiro atoms. The van der Waals surface area contributed by atoms with Crippen LogP contribution in [0.5, 0.6) is 11.6 Å². The number of hydrogen-bond acceptors (Lipinski definition) is 3. The molecule has 1 N–H and O–H groups in total. The number of rotatable bonds is 3. The van der Waals surface area contributed by atoms with Gasteiger partial charge in [-0.15, -0.1) is 5.10 Å². The fraction of sp³-hybridized carbons (Fsp3) is 0. The van der Waals surface area contributed by atoms with Gasteiger partial charge in [0, 0.05) is 5.56 Å². The third-order valence-corrected chi connectivity index (χ3v) is 2.63. The smallest absolute Gasteiger partial charge is 0.258 e. The van der Waals surface area contributed by atoms with E-state index in [1.54, 1.807) is 36.4 Å². The van der Waals surface area contributed by atoms with Crippen molar-refractivity contribution in [3.63, 3.8) is 0 Å². The number of ether oxygens (including phenoxy) is 1. The zero-order valence-corrected chi connectivity index (χ0v) is 9.88. The Kier molecular flexibility index (Phi) is 2.94. The molecule has 94 valence electrons. The monoisotopic (exact) mass is 255 g/mol. The van der Waals surface area contributed by atoms with Crippen molar-refractivity contribution in [1.82, 2.24) is 15.4 Å². The lowest BCUT2D eigenvalue weighted by molar-refractivity contribution is 0.462. The van der Waals surface area contributed by atoms with Crippen LogP contribution in [0.15, 0.2) is 54.7 Å². The Morgan fingerprint density at radius 1 is 1.05 bits per heavy atom. The Morgan fingerprint density at radius 2 is 1.95 bits per heavy atom. The summed E-state index contributed by atoms with van der Waals surface area (Å²) in [6, 6.07) is 13.8. The van der Waals surface area contributed by atoms with Gasteiger partial charge in [-0.1, -0.05) is 30.3 Å². The first-order valence-electron chi connectivity index (χ1n) is 5.71. The van der Waals surface area contributed by atoms with Crippen LogP contribution >= 0.6 is 0 Å². The Hall–Kier alpha value is -2.69. The highest BCUT2D eigenvalue weighted by molar-refractivity contribution is 5.65. The van der Waals surface area contributed by atoms with Gasteiger partial charge in [0.25, 0.3) is 5.88 Å². The molecule has 4 nitrogen and oxygen atoms in total. The van der Waals surface area contributed by atoms with Crippen LogP contribution in [0.4, 0.5) is 4.39 Å². The molecule has 0 aliphatic heterocycles. The Morgan fingerprint density at radius 3 is 2.74 bits per heavy atom. The van der Waals surface area contributed by atoms with E-state index in [0.29, 0.717) is 17.2 Å². The number of nitrogens with one attached hydrogen (secondary N) is 1. The summed E-state index contributed by atoms with van der Waals surface area (Å²) in [5.74, 6) is 0.682. The Labute approximate surface area is 108 Å². The van der Waals surface area contributed by atoms with Crippen LogP contribution in [-0.4, -0.2) is 15.4 Å². The van der Waals surface area contributed by atoms with Gasteiger partial charge in [-0.05, 0) is 23.8 Å². The van der Waals surface area contributed by atoms with E-state index in [4.69, 9.17) is 4.74 Å². The van der Waals surface area contributed by atoms with Crippen molar-refractivity contribution in [1.29, 1.82) is 0 Å². The van der Waals surface area contributed by atoms with Crippen molar-refractivity contribution in [2.75, 3.05) is 0 Å². The first-order chi connectivity index (χ1) is 9.33. The van der Waals surface area contributed by atoms with Gasteiger partial charge in [-0.2, -0.15) is 10.3 Å². The lowest BCUT2D eigenvalue weighted by atomic mass is 10.1. The molecule has 0 atom stereocenters. The van der Waals surface area contributed by atoms with Crippen molar-refractivity contribution in [3.8, 4) is 22.8 Å². The Bertz CT molecular complexity index is 683. The molecule has 0 saturated carbocycles. The van der Waals surface area contributed by atoms with Gasteiger partial charge in [-0.3, -0.25) is 0 Å². The first kappa shape index (κ1) is 11.4. The van der Waals surface area contributed by atoms with Crippen LogP contribution in [0.1, 0.15) is 0 Å². The average Bonchev–Trinajstić information content (AvgIpc) is 2.92. The van der Waals surface area contributed by atoms with E-state index in [0.717, 1.165) is 5.56 Å². The average molecular weight is 255 g/mol. The number of nitrogens with zero attached hydrogens (tertiary/aromatic N) is 2. The summed E-state index contributed by atoms with van der Waals surface area (Å²) in [5, 5.41) is 9.91. The lowest BCUT2D eigenvalue weighted by Crippen LogP contribution is -1.87. The van der Waals surface area contributed by atoms with Crippen molar-refractivity contribution in [2.24, 2.45) is 0 Å². The normalized spacial score (nSPS) is 10.4. The molecule has 2 aromatic carbocycles. The molecule has 0 fully saturated rings. The Balaban J connectivity index is 1.94. The summed E-state index contributed by atoms with van der Waals surface area (Å²) in [7, 11) is 0. The van der Waals surface area contributed by atoms with E-state index >= 15 is 0 Å². The highest BCUT2D eigenvalue weighted by Gasteiger charge is 2.06. The van der Waals surface area contributed by atoms with Crippen LogP contribution in [-0.2, 0) is 0 Å². The first-order valence-corrected chi connectivity index (χ1v) is 5.71. The summed E-state index contributed by atoms with van der Waals surface area (Å²) in [6.07, 6.45) is 1.47. The fourth-order valence-corrected chi connectivity index (χ4v) is 1.78. The van der Waals surface area contributed by atoms with E-state index in [-0.39, 0.29) is 5.82 Å². The van der Waals surface area contributed by atoms with Gasteiger partial charge in [0.2, 0.25) is 0 Å². The third kappa shape index (κ3) is 2.44. The van der Waals surface area contributed by atoms with E-state index in [9.17, 15) is 4.39 Å². The lowest BCUT2D eigenvalue weighted by Gasteiger charge is -2.06. The minimum Gasteiger partial charge on any atom is -0.436 e. The molecule has 0 saturated heterocycles. The van der Waals surface area contributed by atoms with Gasteiger partial charge < -0.3 is 4.74 Å². The van der Waals surface area contributed by atoms with Crippen LogP contribution in [0.2, 0.25) is 0 Å². The van der Waals surface area contributed by atoms with Gasteiger partial charge in [-0.25, -0.2) is 4.39 Å². The van der Waals surface area contributed by atoms with E-state index in [1.165, 1.54) is 12.3 Å². The van der Waals surface area contributed by atoms with Crippen molar-refractivity contribution in [2.45, 2.75) is 0 Å². The zero-order chi connectivity index (χ0) is 13.1. The summed E-state index contributed by atoms with van der Waals surface area (Å²) in [4.78, 5) is 0.